The highest BCUT2D eigenvalue weighted by Crippen LogP contribution is 2.15. The summed E-state index contributed by atoms with van der Waals surface area (Å²) < 4.78 is 1.34. The van der Waals surface area contributed by atoms with Crippen molar-refractivity contribution in [2.75, 3.05) is 0 Å². The predicted octanol–water partition coefficient (Wildman–Crippen LogP) is 2.43. The minimum absolute atomic E-state index is 0.131. The van der Waals surface area contributed by atoms with Crippen LogP contribution in [0.2, 0.25) is 5.28 Å². The number of fused-ring (bicyclic) bond motifs is 1. The van der Waals surface area contributed by atoms with Gasteiger partial charge in [0, 0.05) is 6.20 Å². The Morgan fingerprint density at radius 2 is 1.94 bits per heavy atom. The number of pyridine rings is 1. The van der Waals surface area contributed by atoms with Crippen LogP contribution in [0.3, 0.4) is 0 Å². The maximum atomic E-state index is 12.4. The Morgan fingerprint density at radius 3 is 2.72 bits per heavy atom. The van der Waals surface area contributed by atoms with Crippen LogP contribution in [0, 0.1) is 0 Å². The Kier molecular flexibility index (Phi) is 2.57. The quantitative estimate of drug-likeness (QED) is 0.629. The van der Waals surface area contributed by atoms with Gasteiger partial charge in [-0.1, -0.05) is 12.1 Å². The molecule has 88 valence electrons. The van der Waals surface area contributed by atoms with E-state index in [-0.39, 0.29) is 10.8 Å². The molecular weight excluding hydrogens is 250 g/mol. The molecule has 0 saturated heterocycles. The standard InChI is InChI=1S/C13H8ClN3O/c14-13-16-11-6-2-1-5-10(11)12(18)17(13)9-4-3-7-15-8-9/h1-8H. The third-order valence-electron chi connectivity index (χ3n) is 2.64. The Bertz CT molecular complexity index is 768. The Labute approximate surface area is 108 Å². The first-order valence-corrected chi connectivity index (χ1v) is 5.73. The fourth-order valence-electron chi connectivity index (χ4n) is 1.82. The largest absolute Gasteiger partial charge is 0.268 e. The lowest BCUT2D eigenvalue weighted by molar-refractivity contribution is 0.954. The fraction of sp³-hybridized carbons (Fsp3) is 0. The van der Waals surface area contributed by atoms with Gasteiger partial charge in [0.05, 0.1) is 22.8 Å². The third kappa shape index (κ3) is 1.67. The molecule has 0 saturated carbocycles. The van der Waals surface area contributed by atoms with E-state index < -0.39 is 0 Å². The van der Waals surface area contributed by atoms with E-state index in [9.17, 15) is 4.79 Å². The Morgan fingerprint density at radius 1 is 1.11 bits per heavy atom. The second-order valence-electron chi connectivity index (χ2n) is 3.75. The number of benzene rings is 1. The van der Waals surface area contributed by atoms with Gasteiger partial charge >= 0.3 is 0 Å². The zero-order valence-electron chi connectivity index (χ0n) is 9.25. The molecule has 1 aromatic carbocycles. The van der Waals surface area contributed by atoms with E-state index >= 15 is 0 Å². The topological polar surface area (TPSA) is 47.8 Å². The predicted molar refractivity (Wildman–Crippen MR) is 70.1 cm³/mol. The van der Waals surface area contributed by atoms with Crippen LogP contribution in [0.1, 0.15) is 0 Å². The van der Waals surface area contributed by atoms with Crippen molar-refractivity contribution >= 4 is 22.5 Å². The maximum Gasteiger partial charge on any atom is 0.266 e. The number of para-hydroxylation sites is 1. The molecule has 4 nitrogen and oxygen atoms in total. The van der Waals surface area contributed by atoms with Crippen LogP contribution in [-0.4, -0.2) is 14.5 Å². The number of hydrogen-bond donors (Lipinski definition) is 0. The summed E-state index contributed by atoms with van der Waals surface area (Å²) in [7, 11) is 0. The van der Waals surface area contributed by atoms with Gasteiger partial charge in [-0.25, -0.2) is 9.55 Å². The SMILES string of the molecule is O=c1c2ccccc2nc(Cl)n1-c1cccnc1. The summed E-state index contributed by atoms with van der Waals surface area (Å²) in [5, 5.41) is 0.664. The third-order valence-corrected chi connectivity index (χ3v) is 2.89. The van der Waals surface area contributed by atoms with Gasteiger partial charge in [-0.3, -0.25) is 9.78 Å². The van der Waals surface area contributed by atoms with Crippen LogP contribution in [0.5, 0.6) is 0 Å². The van der Waals surface area contributed by atoms with Crippen LogP contribution in [0.4, 0.5) is 0 Å². The minimum Gasteiger partial charge on any atom is -0.268 e. The summed E-state index contributed by atoms with van der Waals surface area (Å²) in [6.07, 6.45) is 3.21. The van der Waals surface area contributed by atoms with Gasteiger partial charge in [0.15, 0.2) is 0 Å². The van der Waals surface area contributed by atoms with E-state index in [1.807, 2.05) is 6.07 Å². The van der Waals surface area contributed by atoms with E-state index in [2.05, 4.69) is 9.97 Å². The van der Waals surface area contributed by atoms with Crippen molar-refractivity contribution < 1.29 is 0 Å². The fourth-order valence-corrected chi connectivity index (χ4v) is 2.08. The molecule has 5 heteroatoms. The number of aromatic nitrogens is 3. The van der Waals surface area contributed by atoms with Gasteiger partial charge in [0.2, 0.25) is 5.28 Å². The second kappa shape index (κ2) is 4.23. The van der Waals surface area contributed by atoms with Gasteiger partial charge in [-0.2, -0.15) is 0 Å². The minimum atomic E-state index is -0.196. The van der Waals surface area contributed by atoms with Crippen LogP contribution < -0.4 is 5.56 Å². The monoisotopic (exact) mass is 257 g/mol. The maximum absolute atomic E-state index is 12.4. The first kappa shape index (κ1) is 10.9. The average molecular weight is 258 g/mol. The van der Waals surface area contributed by atoms with Crippen molar-refractivity contribution in [3.05, 3.63) is 64.4 Å². The highest BCUT2D eigenvalue weighted by Gasteiger charge is 2.10. The lowest BCUT2D eigenvalue weighted by Gasteiger charge is -2.08. The number of halogens is 1. The van der Waals surface area contributed by atoms with Crippen molar-refractivity contribution in [2.45, 2.75) is 0 Å². The molecular formula is C13H8ClN3O. The van der Waals surface area contributed by atoms with E-state index in [1.165, 1.54) is 4.57 Å². The molecule has 0 spiro atoms. The average Bonchev–Trinajstić information content (AvgIpc) is 2.40. The summed E-state index contributed by atoms with van der Waals surface area (Å²) in [5.74, 6) is 0. The highest BCUT2D eigenvalue weighted by atomic mass is 35.5. The molecule has 0 radical (unpaired) electrons. The smallest absolute Gasteiger partial charge is 0.266 e. The number of nitrogens with zero attached hydrogens (tertiary/aromatic N) is 3. The molecule has 2 heterocycles. The highest BCUT2D eigenvalue weighted by molar-refractivity contribution is 6.29. The summed E-state index contributed by atoms with van der Waals surface area (Å²) in [6, 6.07) is 10.6. The molecule has 0 unspecified atom stereocenters. The first-order valence-electron chi connectivity index (χ1n) is 5.35. The van der Waals surface area contributed by atoms with E-state index in [1.54, 1.807) is 42.7 Å². The Hall–Kier alpha value is -2.20. The summed E-state index contributed by atoms with van der Waals surface area (Å²) in [4.78, 5) is 20.6. The van der Waals surface area contributed by atoms with Crippen LogP contribution >= 0.6 is 11.6 Å². The van der Waals surface area contributed by atoms with Gasteiger partial charge in [-0.15, -0.1) is 0 Å². The lowest BCUT2D eigenvalue weighted by atomic mass is 10.2. The molecule has 0 aliphatic heterocycles. The Balaban J connectivity index is 2.41. The van der Waals surface area contributed by atoms with Crippen LogP contribution in [0.25, 0.3) is 16.6 Å². The molecule has 0 aliphatic rings. The van der Waals surface area contributed by atoms with Crippen molar-refractivity contribution in [2.24, 2.45) is 0 Å². The summed E-state index contributed by atoms with van der Waals surface area (Å²) in [5.41, 5.74) is 0.997. The van der Waals surface area contributed by atoms with Gasteiger partial charge in [0.1, 0.15) is 0 Å². The zero-order valence-corrected chi connectivity index (χ0v) is 10.0. The van der Waals surface area contributed by atoms with E-state index in [4.69, 9.17) is 11.6 Å². The first-order chi connectivity index (χ1) is 8.77. The van der Waals surface area contributed by atoms with Crippen molar-refractivity contribution in [3.63, 3.8) is 0 Å². The molecule has 0 amide bonds. The van der Waals surface area contributed by atoms with Crippen molar-refractivity contribution in [1.29, 1.82) is 0 Å². The van der Waals surface area contributed by atoms with E-state index in [0.717, 1.165) is 0 Å². The van der Waals surface area contributed by atoms with Gasteiger partial charge in [-0.05, 0) is 35.9 Å². The molecule has 18 heavy (non-hydrogen) atoms. The van der Waals surface area contributed by atoms with Crippen molar-refractivity contribution in [3.8, 4) is 5.69 Å². The molecule has 2 aromatic heterocycles. The summed E-state index contributed by atoms with van der Waals surface area (Å²) in [6.45, 7) is 0. The van der Waals surface area contributed by atoms with Crippen molar-refractivity contribution in [1.82, 2.24) is 14.5 Å². The molecule has 0 bridgehead atoms. The summed E-state index contributed by atoms with van der Waals surface area (Å²) >= 11 is 6.07. The van der Waals surface area contributed by atoms with Gasteiger partial charge < -0.3 is 0 Å². The zero-order chi connectivity index (χ0) is 12.5. The lowest BCUT2D eigenvalue weighted by Crippen LogP contribution is -2.20. The van der Waals surface area contributed by atoms with Crippen LogP contribution in [0.15, 0.2) is 53.6 Å². The number of hydrogen-bond acceptors (Lipinski definition) is 3. The van der Waals surface area contributed by atoms with Crippen LogP contribution in [-0.2, 0) is 0 Å². The molecule has 0 N–H and O–H groups in total. The molecule has 3 rings (SSSR count). The number of rotatable bonds is 1. The molecule has 3 aromatic rings. The van der Waals surface area contributed by atoms with E-state index in [0.29, 0.717) is 16.6 Å². The van der Waals surface area contributed by atoms with Gasteiger partial charge in [0.25, 0.3) is 5.56 Å². The molecule has 0 fully saturated rings. The second-order valence-corrected chi connectivity index (χ2v) is 4.09. The molecule has 0 aliphatic carbocycles. The normalized spacial score (nSPS) is 10.7. The molecule has 0 atom stereocenters.